The Hall–Kier alpha value is -4.15. The van der Waals surface area contributed by atoms with Crippen LogP contribution in [0.3, 0.4) is 0 Å². The Bertz CT molecular complexity index is 1530. The van der Waals surface area contributed by atoms with Gasteiger partial charge in [-0.25, -0.2) is 4.98 Å². The molecular formula is C26H23F3N6O2. The van der Waals surface area contributed by atoms with Crippen molar-refractivity contribution in [2.75, 3.05) is 31.1 Å². The molecule has 1 saturated heterocycles. The van der Waals surface area contributed by atoms with Gasteiger partial charge in [0.2, 0.25) is 5.95 Å². The van der Waals surface area contributed by atoms with Gasteiger partial charge in [0.05, 0.1) is 22.3 Å². The molecular weight excluding hydrogens is 485 g/mol. The van der Waals surface area contributed by atoms with E-state index in [9.17, 15) is 22.8 Å². The molecule has 2 fully saturated rings. The van der Waals surface area contributed by atoms with Gasteiger partial charge in [0.15, 0.2) is 0 Å². The van der Waals surface area contributed by atoms with E-state index in [1.54, 1.807) is 47.4 Å². The number of hydrogen-bond donors (Lipinski definition) is 2. The second-order valence-electron chi connectivity index (χ2n) is 9.51. The minimum Gasteiger partial charge on any atom is -0.339 e. The molecule has 2 aromatic heterocycles. The van der Waals surface area contributed by atoms with E-state index in [4.69, 9.17) is 0 Å². The lowest BCUT2D eigenvalue weighted by atomic mass is 10.0. The SMILES string of the molecule is O=C(c1ccc(-c2cc(C3(C(F)(F)F)CC3)[nH]n2)cc1)N1CCN(c2nc3ccccc3c(=O)[nH]2)CC1. The van der Waals surface area contributed by atoms with Crippen LogP contribution in [0.5, 0.6) is 0 Å². The Morgan fingerprint density at radius 3 is 2.35 bits per heavy atom. The largest absolute Gasteiger partial charge is 0.399 e. The Balaban J connectivity index is 1.12. The van der Waals surface area contributed by atoms with Crippen LogP contribution in [-0.2, 0) is 5.41 Å². The third-order valence-corrected chi connectivity index (χ3v) is 7.28. The number of H-pyrrole nitrogens is 2. The normalized spacial score (nSPS) is 17.3. The van der Waals surface area contributed by atoms with Crippen LogP contribution >= 0.6 is 0 Å². The number of anilines is 1. The van der Waals surface area contributed by atoms with Crippen molar-refractivity contribution in [2.45, 2.75) is 24.4 Å². The molecule has 1 aliphatic heterocycles. The number of aromatic amines is 2. The lowest BCUT2D eigenvalue weighted by Crippen LogP contribution is -2.49. The third-order valence-electron chi connectivity index (χ3n) is 7.28. The standard InChI is InChI=1S/C26H23F3N6O2/c27-26(28,29)25(9-10-25)21-15-20(32-33-21)16-5-7-17(8-6-16)23(37)34-11-13-35(14-12-34)24-30-19-4-2-1-3-18(19)22(36)31-24/h1-8,15H,9-14H2,(H,32,33)(H,30,31,36). The first-order chi connectivity index (χ1) is 17.7. The van der Waals surface area contributed by atoms with E-state index < -0.39 is 11.6 Å². The number of aromatic nitrogens is 4. The number of para-hydroxylation sites is 1. The molecule has 11 heteroatoms. The van der Waals surface area contributed by atoms with Crippen LogP contribution in [0.2, 0.25) is 0 Å². The van der Waals surface area contributed by atoms with E-state index in [2.05, 4.69) is 20.2 Å². The lowest BCUT2D eigenvalue weighted by molar-refractivity contribution is -0.161. The van der Waals surface area contributed by atoms with E-state index in [1.165, 1.54) is 6.07 Å². The van der Waals surface area contributed by atoms with Crippen molar-refractivity contribution in [2.24, 2.45) is 0 Å². The number of piperazine rings is 1. The molecule has 8 nitrogen and oxygen atoms in total. The van der Waals surface area contributed by atoms with E-state index >= 15 is 0 Å². The summed E-state index contributed by atoms with van der Waals surface area (Å²) in [7, 11) is 0. The number of alkyl halides is 3. The van der Waals surface area contributed by atoms with E-state index in [0.717, 1.165) is 0 Å². The summed E-state index contributed by atoms with van der Waals surface area (Å²) < 4.78 is 40.2. The van der Waals surface area contributed by atoms with Gasteiger partial charge >= 0.3 is 6.18 Å². The number of nitrogens with zero attached hydrogens (tertiary/aromatic N) is 4. The first kappa shape index (κ1) is 23.3. The molecule has 190 valence electrons. The molecule has 0 spiro atoms. The molecule has 2 aromatic carbocycles. The number of amides is 1. The van der Waals surface area contributed by atoms with Gasteiger partial charge in [-0.1, -0.05) is 24.3 Å². The van der Waals surface area contributed by atoms with Gasteiger partial charge in [-0.2, -0.15) is 18.3 Å². The fourth-order valence-electron chi connectivity index (χ4n) is 4.86. The molecule has 1 aliphatic carbocycles. The van der Waals surface area contributed by atoms with E-state index in [-0.39, 0.29) is 30.0 Å². The van der Waals surface area contributed by atoms with Crippen LogP contribution < -0.4 is 10.5 Å². The summed E-state index contributed by atoms with van der Waals surface area (Å²) in [5.74, 6) is 0.347. The molecule has 1 saturated carbocycles. The maximum absolute atomic E-state index is 13.4. The van der Waals surface area contributed by atoms with Crippen molar-refractivity contribution in [3.63, 3.8) is 0 Å². The summed E-state index contributed by atoms with van der Waals surface area (Å²) in [4.78, 5) is 36.5. The Labute approximate surface area is 209 Å². The maximum atomic E-state index is 13.4. The zero-order valence-electron chi connectivity index (χ0n) is 19.7. The van der Waals surface area contributed by atoms with Crippen LogP contribution in [0.4, 0.5) is 19.1 Å². The molecule has 0 bridgehead atoms. The van der Waals surface area contributed by atoms with Crippen LogP contribution in [0, 0.1) is 0 Å². The van der Waals surface area contributed by atoms with Gasteiger partial charge in [0, 0.05) is 37.3 Å². The number of nitrogens with one attached hydrogen (secondary N) is 2. The molecule has 0 radical (unpaired) electrons. The summed E-state index contributed by atoms with van der Waals surface area (Å²) in [5.41, 5.74) is 0.215. The highest BCUT2D eigenvalue weighted by molar-refractivity contribution is 5.94. The van der Waals surface area contributed by atoms with Crippen LogP contribution in [0.1, 0.15) is 28.9 Å². The highest BCUT2D eigenvalue weighted by Gasteiger charge is 2.65. The maximum Gasteiger partial charge on any atom is 0.399 e. The summed E-state index contributed by atoms with van der Waals surface area (Å²) in [6, 6.07) is 15.3. The van der Waals surface area contributed by atoms with Gasteiger partial charge in [0.1, 0.15) is 5.41 Å². The molecule has 2 N–H and O–H groups in total. The van der Waals surface area contributed by atoms with Crippen molar-refractivity contribution in [1.82, 2.24) is 25.1 Å². The Morgan fingerprint density at radius 2 is 1.68 bits per heavy atom. The summed E-state index contributed by atoms with van der Waals surface area (Å²) in [6.45, 7) is 1.95. The number of hydrogen-bond acceptors (Lipinski definition) is 5. The van der Waals surface area contributed by atoms with Gasteiger partial charge in [-0.05, 0) is 43.2 Å². The molecule has 0 atom stereocenters. The summed E-state index contributed by atoms with van der Waals surface area (Å²) in [5, 5.41) is 7.16. The Kier molecular flexibility index (Phi) is 5.32. The first-order valence-electron chi connectivity index (χ1n) is 12.0. The molecule has 2 aliphatic rings. The van der Waals surface area contributed by atoms with Crippen molar-refractivity contribution in [3.8, 4) is 11.3 Å². The van der Waals surface area contributed by atoms with Crippen LogP contribution in [0.15, 0.2) is 59.4 Å². The number of carbonyl (C=O) groups is 1. The van der Waals surface area contributed by atoms with Crippen LogP contribution in [0.25, 0.3) is 22.2 Å². The van der Waals surface area contributed by atoms with Gasteiger partial charge < -0.3 is 9.80 Å². The molecule has 37 heavy (non-hydrogen) atoms. The zero-order chi connectivity index (χ0) is 25.8. The molecule has 0 unspecified atom stereocenters. The average Bonchev–Trinajstić information content (AvgIpc) is 3.59. The molecule has 1 amide bonds. The number of fused-ring (bicyclic) bond motifs is 1. The fraction of sp³-hybridized carbons (Fsp3) is 0.308. The smallest absolute Gasteiger partial charge is 0.339 e. The summed E-state index contributed by atoms with van der Waals surface area (Å²) >= 11 is 0. The Morgan fingerprint density at radius 1 is 0.973 bits per heavy atom. The monoisotopic (exact) mass is 508 g/mol. The average molecular weight is 509 g/mol. The number of benzene rings is 2. The predicted octanol–water partition coefficient (Wildman–Crippen LogP) is 3.87. The predicted molar refractivity (Wildman–Crippen MR) is 131 cm³/mol. The fourth-order valence-corrected chi connectivity index (χ4v) is 4.86. The lowest BCUT2D eigenvalue weighted by Gasteiger charge is -2.35. The number of carbonyl (C=O) groups excluding carboxylic acids is 1. The first-order valence-corrected chi connectivity index (χ1v) is 12.0. The second-order valence-corrected chi connectivity index (χ2v) is 9.51. The number of rotatable bonds is 4. The second kappa shape index (κ2) is 8.46. The van der Waals surface area contributed by atoms with E-state index in [1.807, 2.05) is 11.0 Å². The van der Waals surface area contributed by atoms with Crippen molar-refractivity contribution < 1.29 is 18.0 Å². The number of halogens is 3. The highest BCUT2D eigenvalue weighted by atomic mass is 19.4. The molecule has 4 aromatic rings. The van der Waals surface area contributed by atoms with Gasteiger partial charge in [0.25, 0.3) is 11.5 Å². The van der Waals surface area contributed by atoms with Crippen molar-refractivity contribution in [1.29, 1.82) is 0 Å². The minimum absolute atomic E-state index is 0.0614. The zero-order valence-corrected chi connectivity index (χ0v) is 19.7. The highest BCUT2D eigenvalue weighted by Crippen LogP contribution is 2.58. The topological polar surface area (TPSA) is 98.0 Å². The van der Waals surface area contributed by atoms with Gasteiger partial charge in [-0.3, -0.25) is 19.7 Å². The summed E-state index contributed by atoms with van der Waals surface area (Å²) in [6.07, 6.45) is -4.19. The van der Waals surface area contributed by atoms with Gasteiger partial charge in [-0.15, -0.1) is 0 Å². The van der Waals surface area contributed by atoms with Crippen LogP contribution in [-0.4, -0.2) is 63.3 Å². The molecule has 3 heterocycles. The third kappa shape index (κ3) is 4.04. The van der Waals surface area contributed by atoms with Crippen molar-refractivity contribution >= 4 is 22.8 Å². The van der Waals surface area contributed by atoms with Crippen molar-refractivity contribution in [3.05, 3.63) is 76.2 Å². The van der Waals surface area contributed by atoms with E-state index in [0.29, 0.717) is 59.9 Å². The minimum atomic E-state index is -4.31. The molecule has 6 rings (SSSR count). The quantitative estimate of drug-likeness (QED) is 0.436.